The minimum Gasteiger partial charge on any atom is -0.461 e. The summed E-state index contributed by atoms with van der Waals surface area (Å²) in [4.78, 5) is 40.1. The molecule has 38 heavy (non-hydrogen) atoms. The van der Waals surface area contributed by atoms with E-state index in [1.807, 2.05) is 48.5 Å². The van der Waals surface area contributed by atoms with Crippen LogP contribution in [-0.2, 0) is 35.8 Å². The van der Waals surface area contributed by atoms with E-state index >= 15 is 0 Å². The topological polar surface area (TPSA) is 122 Å². The van der Waals surface area contributed by atoms with Crippen LogP contribution in [0.4, 0.5) is 0 Å². The molecule has 3 aromatic carbocycles. The normalized spacial score (nSPS) is 14.6. The molecule has 2 amide bonds. The summed E-state index contributed by atoms with van der Waals surface area (Å²) in [6.07, 6.45) is 2.34. The SMILES string of the molecule is O=C(CNS(=O)(=O)c1ccc2ccccc2c1)N[C@@H](CC(=O)OCc1ccccc1)C(=O)N1CCCCC1. The number of carbonyl (C=O) groups excluding carboxylic acids is 3. The third-order valence-corrected chi connectivity index (χ3v) is 7.77. The number of nitrogens with one attached hydrogen (secondary N) is 2. The molecule has 0 saturated carbocycles. The number of nitrogens with zero attached hydrogens (tertiary/aromatic N) is 1. The maximum atomic E-state index is 13.2. The van der Waals surface area contributed by atoms with E-state index in [2.05, 4.69) is 10.0 Å². The zero-order chi connectivity index (χ0) is 27.0. The standard InChI is InChI=1S/C28H31N3O6S/c32-26(19-29-38(35,36)24-14-13-22-11-5-6-12-23(22)17-24)30-25(28(34)31-15-7-2-8-16-31)18-27(33)37-20-21-9-3-1-4-10-21/h1,3-6,9-14,17,25,29H,2,7-8,15-16,18-20H2,(H,30,32)/t25-/m0/s1. The van der Waals surface area contributed by atoms with Gasteiger partial charge < -0.3 is 15.0 Å². The van der Waals surface area contributed by atoms with Crippen LogP contribution in [0.5, 0.6) is 0 Å². The lowest BCUT2D eigenvalue weighted by Crippen LogP contribution is -2.52. The Morgan fingerprint density at radius 2 is 1.55 bits per heavy atom. The van der Waals surface area contributed by atoms with Crippen molar-refractivity contribution in [2.75, 3.05) is 19.6 Å². The fourth-order valence-corrected chi connectivity index (χ4v) is 5.34. The van der Waals surface area contributed by atoms with Gasteiger partial charge in [0, 0.05) is 13.1 Å². The smallest absolute Gasteiger partial charge is 0.308 e. The van der Waals surface area contributed by atoms with Gasteiger partial charge in [0.05, 0.1) is 17.9 Å². The van der Waals surface area contributed by atoms with Crippen molar-refractivity contribution in [3.05, 3.63) is 78.4 Å². The largest absolute Gasteiger partial charge is 0.461 e. The summed E-state index contributed by atoms with van der Waals surface area (Å²) in [6, 6.07) is 20.0. The molecule has 1 fully saturated rings. The molecule has 200 valence electrons. The number of rotatable bonds is 10. The van der Waals surface area contributed by atoms with Gasteiger partial charge in [0.25, 0.3) is 0 Å². The molecule has 0 aromatic heterocycles. The highest BCUT2D eigenvalue weighted by Gasteiger charge is 2.30. The quantitative estimate of drug-likeness (QED) is 0.384. The molecule has 1 aliphatic heterocycles. The van der Waals surface area contributed by atoms with E-state index in [9.17, 15) is 22.8 Å². The van der Waals surface area contributed by atoms with E-state index in [1.165, 1.54) is 12.1 Å². The molecule has 3 aromatic rings. The Morgan fingerprint density at radius 3 is 2.29 bits per heavy atom. The summed E-state index contributed by atoms with van der Waals surface area (Å²) in [7, 11) is -3.98. The summed E-state index contributed by atoms with van der Waals surface area (Å²) in [6.45, 7) is 0.541. The average Bonchev–Trinajstić information content (AvgIpc) is 2.95. The Bertz CT molecular complexity index is 1390. The average molecular weight is 538 g/mol. The van der Waals surface area contributed by atoms with Crippen molar-refractivity contribution in [2.45, 2.75) is 43.2 Å². The molecule has 1 heterocycles. The van der Waals surface area contributed by atoms with Gasteiger partial charge in [0.15, 0.2) is 0 Å². The van der Waals surface area contributed by atoms with E-state index in [0.717, 1.165) is 35.6 Å². The number of ether oxygens (including phenoxy) is 1. The van der Waals surface area contributed by atoms with E-state index in [1.54, 1.807) is 17.0 Å². The van der Waals surface area contributed by atoms with Gasteiger partial charge in [-0.2, -0.15) is 0 Å². The number of carbonyl (C=O) groups is 3. The van der Waals surface area contributed by atoms with Gasteiger partial charge in [-0.3, -0.25) is 14.4 Å². The lowest BCUT2D eigenvalue weighted by atomic mass is 10.1. The number of hydrogen-bond donors (Lipinski definition) is 2. The molecule has 0 aliphatic carbocycles. The lowest BCUT2D eigenvalue weighted by Gasteiger charge is -2.30. The predicted molar refractivity (Wildman–Crippen MR) is 142 cm³/mol. The zero-order valence-corrected chi connectivity index (χ0v) is 21.8. The van der Waals surface area contributed by atoms with Gasteiger partial charge in [-0.25, -0.2) is 13.1 Å². The maximum absolute atomic E-state index is 13.2. The number of fused-ring (bicyclic) bond motifs is 1. The van der Waals surface area contributed by atoms with Crippen molar-refractivity contribution in [1.82, 2.24) is 14.9 Å². The monoisotopic (exact) mass is 537 g/mol. The van der Waals surface area contributed by atoms with Crippen LogP contribution < -0.4 is 10.0 Å². The molecule has 10 heteroatoms. The second-order valence-electron chi connectivity index (χ2n) is 9.19. The first-order valence-electron chi connectivity index (χ1n) is 12.6. The molecule has 1 atom stereocenters. The molecule has 4 rings (SSSR count). The second kappa shape index (κ2) is 12.7. The van der Waals surface area contributed by atoms with Crippen LogP contribution in [0.3, 0.4) is 0 Å². The summed E-state index contributed by atoms with van der Waals surface area (Å²) >= 11 is 0. The maximum Gasteiger partial charge on any atom is 0.308 e. The van der Waals surface area contributed by atoms with E-state index in [0.29, 0.717) is 13.1 Å². The molecular formula is C28H31N3O6S. The number of sulfonamides is 1. The van der Waals surface area contributed by atoms with Gasteiger partial charge in [-0.05, 0) is 47.7 Å². The number of benzene rings is 3. The molecule has 2 N–H and O–H groups in total. The van der Waals surface area contributed by atoms with Crippen molar-refractivity contribution in [3.8, 4) is 0 Å². The van der Waals surface area contributed by atoms with E-state index < -0.39 is 34.5 Å². The Kier molecular flexibility index (Phi) is 9.09. The molecule has 1 saturated heterocycles. The molecule has 0 spiro atoms. The number of hydrogen-bond acceptors (Lipinski definition) is 6. The molecule has 1 aliphatic rings. The lowest BCUT2D eigenvalue weighted by molar-refractivity contribution is -0.149. The molecule has 0 unspecified atom stereocenters. The first-order chi connectivity index (χ1) is 18.3. The van der Waals surface area contributed by atoms with Gasteiger partial charge in [-0.1, -0.05) is 60.7 Å². The minimum atomic E-state index is -3.98. The predicted octanol–water partition coefficient (Wildman–Crippen LogP) is 2.75. The van der Waals surface area contributed by atoms with Crippen molar-refractivity contribution >= 4 is 38.6 Å². The molecule has 0 radical (unpaired) electrons. The third kappa shape index (κ3) is 7.39. The number of esters is 1. The second-order valence-corrected chi connectivity index (χ2v) is 11.0. The highest BCUT2D eigenvalue weighted by Crippen LogP contribution is 2.19. The van der Waals surface area contributed by atoms with E-state index in [-0.39, 0.29) is 23.8 Å². The zero-order valence-electron chi connectivity index (χ0n) is 21.0. The van der Waals surface area contributed by atoms with Crippen LogP contribution in [0.2, 0.25) is 0 Å². The van der Waals surface area contributed by atoms with Crippen molar-refractivity contribution in [1.29, 1.82) is 0 Å². The summed E-state index contributed by atoms with van der Waals surface area (Å²) < 4.78 is 33.2. The van der Waals surface area contributed by atoms with Gasteiger partial charge in [0.2, 0.25) is 21.8 Å². The van der Waals surface area contributed by atoms with Crippen LogP contribution in [0.25, 0.3) is 10.8 Å². The number of likely N-dealkylation sites (tertiary alicyclic amines) is 1. The first-order valence-corrected chi connectivity index (χ1v) is 14.1. The Hall–Kier alpha value is -3.76. The van der Waals surface area contributed by atoms with Crippen molar-refractivity contribution in [3.63, 3.8) is 0 Å². The summed E-state index contributed by atoms with van der Waals surface area (Å²) in [5, 5.41) is 4.18. The van der Waals surface area contributed by atoms with Crippen LogP contribution >= 0.6 is 0 Å². The van der Waals surface area contributed by atoms with Crippen LogP contribution in [-0.4, -0.2) is 56.8 Å². The molecule has 9 nitrogen and oxygen atoms in total. The summed E-state index contributed by atoms with van der Waals surface area (Å²) in [5.41, 5.74) is 0.798. The Balaban J connectivity index is 1.38. The number of amides is 2. The van der Waals surface area contributed by atoms with Crippen LogP contribution in [0, 0.1) is 0 Å². The minimum absolute atomic E-state index is 0.0226. The highest BCUT2D eigenvalue weighted by atomic mass is 32.2. The summed E-state index contributed by atoms with van der Waals surface area (Å²) in [5.74, 6) is -1.74. The van der Waals surface area contributed by atoms with E-state index in [4.69, 9.17) is 4.74 Å². The van der Waals surface area contributed by atoms with Crippen molar-refractivity contribution < 1.29 is 27.5 Å². The van der Waals surface area contributed by atoms with Crippen molar-refractivity contribution in [2.24, 2.45) is 0 Å². The first kappa shape index (κ1) is 27.3. The van der Waals surface area contributed by atoms with Crippen LogP contribution in [0.15, 0.2) is 77.7 Å². The number of piperidine rings is 1. The Morgan fingerprint density at radius 1 is 0.868 bits per heavy atom. The fraction of sp³-hybridized carbons (Fsp3) is 0.321. The third-order valence-electron chi connectivity index (χ3n) is 6.37. The fourth-order valence-electron chi connectivity index (χ4n) is 4.32. The van der Waals surface area contributed by atoms with Crippen LogP contribution in [0.1, 0.15) is 31.2 Å². The van der Waals surface area contributed by atoms with Gasteiger partial charge >= 0.3 is 5.97 Å². The molecule has 0 bridgehead atoms. The molecular weight excluding hydrogens is 506 g/mol. The Labute approximate surface area is 222 Å². The van der Waals surface area contributed by atoms with Gasteiger partial charge in [-0.15, -0.1) is 0 Å². The highest BCUT2D eigenvalue weighted by molar-refractivity contribution is 7.89. The van der Waals surface area contributed by atoms with Gasteiger partial charge in [0.1, 0.15) is 12.6 Å².